The minimum absolute atomic E-state index is 0.444. The first kappa shape index (κ1) is 18.8. The molecule has 0 atom stereocenters. The summed E-state index contributed by atoms with van der Waals surface area (Å²) in [5.41, 5.74) is 9.39. The van der Waals surface area contributed by atoms with Crippen LogP contribution in [-0.2, 0) is 17.7 Å². The predicted octanol–water partition coefficient (Wildman–Crippen LogP) is 2.67. The average Bonchev–Trinajstić information content (AvgIpc) is 2.62. The molecule has 0 unspecified atom stereocenters. The van der Waals surface area contributed by atoms with Crippen LogP contribution >= 0.6 is 0 Å². The molecule has 0 aliphatic heterocycles. The van der Waals surface area contributed by atoms with Gasteiger partial charge in [-0.2, -0.15) is 0 Å². The fraction of sp³-hybridized carbons (Fsp3) is 0.350. The normalized spacial score (nSPS) is 11.4. The molecule has 134 valence electrons. The van der Waals surface area contributed by atoms with E-state index in [1.54, 1.807) is 7.11 Å². The maximum Gasteiger partial charge on any atom is 0.188 e. The third-order valence-electron chi connectivity index (χ3n) is 3.75. The standard InChI is InChI=1S/C20H27N3O2/c1-16-8-9-18(19(14-16)25-13-12-24-2)15-23-20(21)22-11-10-17-6-4-3-5-7-17/h3-9,14H,10-13,15H2,1-2H3,(H3,21,22,23). The van der Waals surface area contributed by atoms with Crippen molar-refractivity contribution in [2.24, 2.45) is 10.7 Å². The lowest BCUT2D eigenvalue weighted by molar-refractivity contribution is 0.146. The molecule has 0 bridgehead atoms. The van der Waals surface area contributed by atoms with Crippen molar-refractivity contribution in [2.75, 3.05) is 26.9 Å². The first-order valence-corrected chi connectivity index (χ1v) is 8.48. The van der Waals surface area contributed by atoms with E-state index in [9.17, 15) is 0 Å². The van der Waals surface area contributed by atoms with E-state index in [-0.39, 0.29) is 0 Å². The second kappa shape index (κ2) is 10.4. The van der Waals surface area contributed by atoms with Crippen molar-refractivity contribution >= 4 is 5.96 Å². The number of nitrogens with two attached hydrogens (primary N) is 1. The molecule has 2 aromatic rings. The van der Waals surface area contributed by atoms with Crippen molar-refractivity contribution in [2.45, 2.75) is 19.9 Å². The molecule has 3 N–H and O–H groups in total. The van der Waals surface area contributed by atoms with E-state index in [4.69, 9.17) is 15.2 Å². The lowest BCUT2D eigenvalue weighted by atomic mass is 10.1. The Hall–Kier alpha value is -2.53. The van der Waals surface area contributed by atoms with Gasteiger partial charge in [-0.3, -0.25) is 0 Å². The third kappa shape index (κ3) is 6.85. The van der Waals surface area contributed by atoms with E-state index >= 15 is 0 Å². The summed E-state index contributed by atoms with van der Waals surface area (Å²) < 4.78 is 10.8. The summed E-state index contributed by atoms with van der Waals surface area (Å²) in [6.45, 7) is 4.34. The van der Waals surface area contributed by atoms with Gasteiger partial charge in [-0.1, -0.05) is 42.5 Å². The van der Waals surface area contributed by atoms with Crippen molar-refractivity contribution in [3.63, 3.8) is 0 Å². The van der Waals surface area contributed by atoms with Gasteiger partial charge in [0, 0.05) is 19.2 Å². The van der Waals surface area contributed by atoms with E-state index in [0.717, 1.165) is 29.8 Å². The maximum absolute atomic E-state index is 5.97. The molecule has 0 fully saturated rings. The second-order valence-corrected chi connectivity index (χ2v) is 5.82. The van der Waals surface area contributed by atoms with E-state index in [1.807, 2.05) is 43.3 Å². The minimum Gasteiger partial charge on any atom is -0.491 e. The third-order valence-corrected chi connectivity index (χ3v) is 3.75. The number of ether oxygens (including phenoxy) is 2. The molecule has 0 radical (unpaired) electrons. The van der Waals surface area contributed by atoms with E-state index in [0.29, 0.717) is 25.7 Å². The molecular weight excluding hydrogens is 314 g/mol. The van der Waals surface area contributed by atoms with E-state index in [2.05, 4.69) is 22.4 Å². The van der Waals surface area contributed by atoms with Gasteiger partial charge in [0.2, 0.25) is 0 Å². The molecule has 2 rings (SSSR count). The topological polar surface area (TPSA) is 68.9 Å². The number of aryl methyl sites for hydroxylation is 1. The van der Waals surface area contributed by atoms with Crippen LogP contribution in [0.25, 0.3) is 0 Å². The molecule has 0 spiro atoms. The average molecular weight is 341 g/mol. The molecule has 0 aromatic heterocycles. The van der Waals surface area contributed by atoms with Gasteiger partial charge in [-0.15, -0.1) is 0 Å². The van der Waals surface area contributed by atoms with Gasteiger partial charge < -0.3 is 20.5 Å². The lowest BCUT2D eigenvalue weighted by Crippen LogP contribution is -2.33. The van der Waals surface area contributed by atoms with Crippen molar-refractivity contribution < 1.29 is 9.47 Å². The van der Waals surface area contributed by atoms with Crippen molar-refractivity contribution in [3.05, 3.63) is 65.2 Å². The van der Waals surface area contributed by atoms with Gasteiger partial charge >= 0.3 is 0 Å². The number of hydrogen-bond acceptors (Lipinski definition) is 3. The molecule has 25 heavy (non-hydrogen) atoms. The van der Waals surface area contributed by atoms with Crippen LogP contribution in [0.4, 0.5) is 0 Å². The summed E-state index contributed by atoms with van der Waals surface area (Å²) in [7, 11) is 1.66. The highest BCUT2D eigenvalue weighted by atomic mass is 16.5. The summed E-state index contributed by atoms with van der Waals surface area (Å²) >= 11 is 0. The number of hydrogen-bond donors (Lipinski definition) is 2. The largest absolute Gasteiger partial charge is 0.491 e. The van der Waals surface area contributed by atoms with Gasteiger partial charge in [0.15, 0.2) is 5.96 Å². The summed E-state index contributed by atoms with van der Waals surface area (Å²) in [5, 5.41) is 3.15. The Labute approximate surface area is 149 Å². The molecule has 2 aromatic carbocycles. The molecule has 0 heterocycles. The molecule has 0 aliphatic rings. The van der Waals surface area contributed by atoms with Crippen LogP contribution in [0.5, 0.6) is 5.75 Å². The van der Waals surface area contributed by atoms with Crippen molar-refractivity contribution in [1.29, 1.82) is 0 Å². The summed E-state index contributed by atoms with van der Waals surface area (Å²) in [6.07, 6.45) is 0.910. The summed E-state index contributed by atoms with van der Waals surface area (Å²) in [5.74, 6) is 1.28. The molecule has 0 saturated carbocycles. The van der Waals surface area contributed by atoms with Crippen LogP contribution in [0.15, 0.2) is 53.5 Å². The van der Waals surface area contributed by atoms with Crippen LogP contribution in [0.2, 0.25) is 0 Å². The molecule has 5 nitrogen and oxygen atoms in total. The second-order valence-electron chi connectivity index (χ2n) is 5.82. The number of rotatable bonds is 9. The van der Waals surface area contributed by atoms with Gasteiger partial charge in [-0.25, -0.2) is 4.99 Å². The van der Waals surface area contributed by atoms with Gasteiger partial charge in [0.05, 0.1) is 13.2 Å². The monoisotopic (exact) mass is 341 g/mol. The fourth-order valence-electron chi connectivity index (χ4n) is 2.37. The zero-order valence-electron chi connectivity index (χ0n) is 15.0. The van der Waals surface area contributed by atoms with Crippen LogP contribution in [-0.4, -0.2) is 32.8 Å². The first-order chi connectivity index (χ1) is 12.2. The Morgan fingerprint density at radius 3 is 2.68 bits per heavy atom. The Kier molecular flexibility index (Phi) is 7.79. The smallest absolute Gasteiger partial charge is 0.188 e. The first-order valence-electron chi connectivity index (χ1n) is 8.48. The summed E-state index contributed by atoms with van der Waals surface area (Å²) in [4.78, 5) is 4.42. The molecule has 0 aliphatic carbocycles. The van der Waals surface area contributed by atoms with E-state index in [1.165, 1.54) is 5.56 Å². The van der Waals surface area contributed by atoms with Gasteiger partial charge in [0.25, 0.3) is 0 Å². The Bertz CT molecular complexity index is 672. The highest BCUT2D eigenvalue weighted by Gasteiger charge is 2.04. The molecular formula is C20H27N3O2. The zero-order valence-corrected chi connectivity index (χ0v) is 15.0. The predicted molar refractivity (Wildman–Crippen MR) is 102 cm³/mol. The fourth-order valence-corrected chi connectivity index (χ4v) is 2.37. The molecule has 0 saturated heterocycles. The SMILES string of the molecule is COCCOc1cc(C)ccc1CN=C(N)NCCc1ccccc1. The molecule has 5 heteroatoms. The van der Waals surface area contributed by atoms with Crippen LogP contribution < -0.4 is 15.8 Å². The minimum atomic E-state index is 0.444. The van der Waals surface area contributed by atoms with E-state index < -0.39 is 0 Å². The number of guanidine groups is 1. The van der Waals surface area contributed by atoms with Crippen LogP contribution in [0.1, 0.15) is 16.7 Å². The van der Waals surface area contributed by atoms with Gasteiger partial charge in [-0.05, 0) is 30.5 Å². The highest BCUT2D eigenvalue weighted by molar-refractivity contribution is 5.77. The number of nitrogens with one attached hydrogen (secondary N) is 1. The van der Waals surface area contributed by atoms with Crippen LogP contribution in [0, 0.1) is 6.92 Å². The quantitative estimate of drug-likeness (QED) is 0.418. The Balaban J connectivity index is 1.86. The molecule has 0 amide bonds. The maximum atomic E-state index is 5.97. The van der Waals surface area contributed by atoms with Crippen molar-refractivity contribution in [3.8, 4) is 5.75 Å². The summed E-state index contributed by atoms with van der Waals surface area (Å²) in [6, 6.07) is 16.4. The van der Waals surface area contributed by atoms with Crippen molar-refractivity contribution in [1.82, 2.24) is 5.32 Å². The Morgan fingerprint density at radius 2 is 1.92 bits per heavy atom. The number of aliphatic imine (C=N–C) groups is 1. The van der Waals surface area contributed by atoms with Gasteiger partial charge in [0.1, 0.15) is 12.4 Å². The number of nitrogens with zero attached hydrogens (tertiary/aromatic N) is 1. The lowest BCUT2D eigenvalue weighted by Gasteiger charge is -2.11. The van der Waals surface area contributed by atoms with Crippen LogP contribution in [0.3, 0.4) is 0 Å². The number of benzene rings is 2. The number of methoxy groups -OCH3 is 1. The highest BCUT2D eigenvalue weighted by Crippen LogP contribution is 2.21. The Morgan fingerprint density at radius 1 is 1.12 bits per heavy atom. The zero-order chi connectivity index (χ0) is 17.9.